The molecule has 0 radical (unpaired) electrons. The van der Waals surface area contributed by atoms with Gasteiger partial charge >= 0.3 is 0 Å². The molecule has 2 aromatic carbocycles. The molecule has 1 aliphatic heterocycles. The number of fused-ring (bicyclic) bond motifs is 1. The van der Waals surface area contributed by atoms with Crippen LogP contribution in [0.1, 0.15) is 51.5 Å². The van der Waals surface area contributed by atoms with Crippen molar-refractivity contribution in [2.45, 2.75) is 58.6 Å². The highest BCUT2D eigenvalue weighted by atomic mass is 16.5. The third kappa shape index (κ3) is 4.62. The van der Waals surface area contributed by atoms with E-state index in [1.807, 2.05) is 31.2 Å². The summed E-state index contributed by atoms with van der Waals surface area (Å²) in [5.74, 6) is 1.42. The Morgan fingerprint density at radius 2 is 1.90 bits per heavy atom. The highest BCUT2D eigenvalue weighted by Crippen LogP contribution is 2.31. The maximum absolute atomic E-state index is 12.8. The summed E-state index contributed by atoms with van der Waals surface area (Å²) in [5, 5.41) is 10.8. The number of hydrogen-bond donors (Lipinski definition) is 1. The average molecular weight is 422 g/mol. The van der Waals surface area contributed by atoms with Crippen LogP contribution in [0, 0.1) is 0 Å². The third-order valence-electron chi connectivity index (χ3n) is 6.01. The number of phenolic OH excluding ortho intramolecular Hbond substituents is 1. The SMILES string of the molecule is CCCc1c(O)ccc2c(=O)cc(-c3cccc(OC(CC)N4CCCCC4)c3)oc12. The number of ether oxygens (including phenoxy) is 1. The Labute approximate surface area is 183 Å². The fraction of sp³-hybridized carbons (Fsp3) is 0.423. The van der Waals surface area contributed by atoms with Crippen LogP contribution in [0.4, 0.5) is 0 Å². The summed E-state index contributed by atoms with van der Waals surface area (Å²) < 4.78 is 12.5. The molecule has 1 aliphatic rings. The number of aryl methyl sites for hydroxylation is 1. The summed E-state index contributed by atoms with van der Waals surface area (Å²) in [6, 6.07) is 12.4. The second kappa shape index (κ2) is 9.56. The lowest BCUT2D eigenvalue weighted by Gasteiger charge is -2.34. The third-order valence-corrected chi connectivity index (χ3v) is 6.01. The topological polar surface area (TPSA) is 62.9 Å². The van der Waals surface area contributed by atoms with Crippen LogP contribution >= 0.6 is 0 Å². The number of piperidine rings is 1. The molecule has 0 saturated carbocycles. The van der Waals surface area contributed by atoms with Crippen molar-refractivity contribution in [2.75, 3.05) is 13.1 Å². The normalized spacial score (nSPS) is 15.8. The molecular weight excluding hydrogens is 390 g/mol. The Hall–Kier alpha value is -2.79. The van der Waals surface area contributed by atoms with Gasteiger partial charge in [0, 0.05) is 30.3 Å². The molecule has 1 atom stereocenters. The van der Waals surface area contributed by atoms with E-state index in [1.54, 1.807) is 12.1 Å². The van der Waals surface area contributed by atoms with Crippen LogP contribution in [-0.4, -0.2) is 29.3 Å². The van der Waals surface area contributed by atoms with Gasteiger partial charge in [-0.2, -0.15) is 0 Å². The van der Waals surface area contributed by atoms with E-state index in [4.69, 9.17) is 9.15 Å². The number of rotatable bonds is 7. The molecule has 1 fully saturated rings. The molecule has 2 heterocycles. The van der Waals surface area contributed by atoms with Crippen LogP contribution in [0.2, 0.25) is 0 Å². The van der Waals surface area contributed by atoms with E-state index in [1.165, 1.54) is 25.3 Å². The molecule has 1 aromatic heterocycles. The molecule has 1 unspecified atom stereocenters. The summed E-state index contributed by atoms with van der Waals surface area (Å²) in [6.07, 6.45) is 6.18. The van der Waals surface area contributed by atoms with E-state index >= 15 is 0 Å². The second-order valence-electron chi connectivity index (χ2n) is 8.27. The zero-order valence-electron chi connectivity index (χ0n) is 18.4. The lowest BCUT2D eigenvalue weighted by atomic mass is 10.0. The second-order valence-corrected chi connectivity index (χ2v) is 8.27. The maximum Gasteiger partial charge on any atom is 0.193 e. The minimum Gasteiger partial charge on any atom is -0.508 e. The molecule has 31 heavy (non-hydrogen) atoms. The van der Waals surface area contributed by atoms with Crippen molar-refractivity contribution in [2.24, 2.45) is 0 Å². The largest absolute Gasteiger partial charge is 0.508 e. The highest BCUT2D eigenvalue weighted by Gasteiger charge is 2.21. The smallest absolute Gasteiger partial charge is 0.193 e. The lowest BCUT2D eigenvalue weighted by molar-refractivity contribution is 0.00985. The molecule has 3 aromatic rings. The highest BCUT2D eigenvalue weighted by molar-refractivity contribution is 5.83. The number of phenols is 1. The van der Waals surface area contributed by atoms with Crippen LogP contribution in [0.5, 0.6) is 11.5 Å². The van der Waals surface area contributed by atoms with Crippen molar-refractivity contribution in [3.8, 4) is 22.8 Å². The van der Waals surface area contributed by atoms with Crippen LogP contribution in [0.15, 0.2) is 51.7 Å². The maximum atomic E-state index is 12.8. The minimum absolute atomic E-state index is 0.0484. The fourth-order valence-electron chi connectivity index (χ4n) is 4.40. The molecule has 164 valence electrons. The van der Waals surface area contributed by atoms with Gasteiger partial charge in [0.1, 0.15) is 22.8 Å². The quantitative estimate of drug-likeness (QED) is 0.529. The Morgan fingerprint density at radius 1 is 1.10 bits per heavy atom. The monoisotopic (exact) mass is 421 g/mol. The number of aromatic hydroxyl groups is 1. The van der Waals surface area contributed by atoms with Gasteiger partial charge in [0.15, 0.2) is 11.7 Å². The van der Waals surface area contributed by atoms with Gasteiger partial charge in [-0.05, 0) is 49.9 Å². The van der Waals surface area contributed by atoms with Crippen molar-refractivity contribution < 1.29 is 14.3 Å². The molecule has 1 saturated heterocycles. The van der Waals surface area contributed by atoms with E-state index < -0.39 is 0 Å². The van der Waals surface area contributed by atoms with Crippen LogP contribution in [-0.2, 0) is 6.42 Å². The first-order chi connectivity index (χ1) is 15.1. The Bertz CT molecular complexity index is 1100. The molecule has 0 spiro atoms. The summed E-state index contributed by atoms with van der Waals surface area (Å²) in [6.45, 7) is 6.32. The van der Waals surface area contributed by atoms with E-state index in [0.29, 0.717) is 28.7 Å². The van der Waals surface area contributed by atoms with Gasteiger partial charge in [-0.1, -0.05) is 38.8 Å². The minimum atomic E-state index is -0.111. The number of likely N-dealkylation sites (tertiary alicyclic amines) is 1. The predicted octanol–water partition coefficient (Wildman–Crippen LogP) is 5.72. The predicted molar refractivity (Wildman–Crippen MR) is 124 cm³/mol. The first-order valence-electron chi connectivity index (χ1n) is 11.4. The van der Waals surface area contributed by atoms with Crippen molar-refractivity contribution in [1.82, 2.24) is 4.90 Å². The van der Waals surface area contributed by atoms with E-state index in [-0.39, 0.29) is 17.4 Å². The number of benzene rings is 2. The standard InChI is InChI=1S/C26H31NO4/c1-3-9-20-22(28)13-12-21-23(29)17-24(31-26(20)21)18-10-8-11-19(16-18)30-25(4-2)27-14-6-5-7-15-27/h8,10-13,16-17,25,28H,3-7,9,14-15H2,1-2H3. The number of hydrogen-bond acceptors (Lipinski definition) is 5. The van der Waals surface area contributed by atoms with Crippen molar-refractivity contribution in [3.05, 3.63) is 58.3 Å². The van der Waals surface area contributed by atoms with E-state index in [0.717, 1.165) is 37.2 Å². The average Bonchev–Trinajstić information content (AvgIpc) is 2.80. The number of nitrogens with zero attached hydrogens (tertiary/aromatic N) is 1. The van der Waals surface area contributed by atoms with Crippen LogP contribution < -0.4 is 10.2 Å². The Morgan fingerprint density at radius 3 is 2.65 bits per heavy atom. The molecule has 0 amide bonds. The van der Waals surface area contributed by atoms with Gasteiger partial charge in [-0.25, -0.2) is 0 Å². The van der Waals surface area contributed by atoms with Gasteiger partial charge in [0.2, 0.25) is 0 Å². The Balaban J connectivity index is 1.68. The lowest BCUT2D eigenvalue weighted by Crippen LogP contribution is -2.42. The summed E-state index contributed by atoms with van der Waals surface area (Å²) in [4.78, 5) is 15.2. The summed E-state index contributed by atoms with van der Waals surface area (Å²) in [7, 11) is 0. The van der Waals surface area contributed by atoms with Gasteiger partial charge < -0.3 is 14.3 Å². The van der Waals surface area contributed by atoms with E-state index in [2.05, 4.69) is 11.8 Å². The van der Waals surface area contributed by atoms with Gasteiger partial charge in [-0.15, -0.1) is 0 Å². The van der Waals surface area contributed by atoms with E-state index in [9.17, 15) is 9.90 Å². The molecule has 5 heteroatoms. The molecule has 4 rings (SSSR count). The van der Waals surface area contributed by atoms with Crippen molar-refractivity contribution >= 4 is 11.0 Å². The molecule has 0 bridgehead atoms. The fourth-order valence-corrected chi connectivity index (χ4v) is 4.40. The Kier molecular flexibility index (Phi) is 6.62. The molecule has 0 aliphatic carbocycles. The zero-order chi connectivity index (χ0) is 21.8. The van der Waals surface area contributed by atoms with Gasteiger partial charge in [0.05, 0.1) is 5.39 Å². The summed E-state index contributed by atoms with van der Waals surface area (Å²) in [5.41, 5.74) is 1.83. The first kappa shape index (κ1) is 21.4. The van der Waals surface area contributed by atoms with Crippen molar-refractivity contribution in [3.63, 3.8) is 0 Å². The van der Waals surface area contributed by atoms with Crippen LogP contribution in [0.25, 0.3) is 22.3 Å². The first-order valence-corrected chi connectivity index (χ1v) is 11.4. The zero-order valence-corrected chi connectivity index (χ0v) is 18.4. The molecule has 1 N–H and O–H groups in total. The van der Waals surface area contributed by atoms with Gasteiger partial charge in [-0.3, -0.25) is 9.69 Å². The molecular formula is C26H31NO4. The van der Waals surface area contributed by atoms with Crippen molar-refractivity contribution in [1.29, 1.82) is 0 Å². The van der Waals surface area contributed by atoms with Gasteiger partial charge in [0.25, 0.3) is 0 Å². The summed E-state index contributed by atoms with van der Waals surface area (Å²) >= 11 is 0. The molecule has 5 nitrogen and oxygen atoms in total. The van der Waals surface area contributed by atoms with Crippen LogP contribution in [0.3, 0.4) is 0 Å².